The Morgan fingerprint density at radius 2 is 1.72 bits per heavy atom. The lowest BCUT2D eigenvalue weighted by Gasteiger charge is -2.39. The Morgan fingerprint density at radius 3 is 2.36 bits per heavy atom. The number of hydrogen-bond donors (Lipinski definition) is 0. The molecular weight excluding hydrogens is 569 g/mol. The summed E-state index contributed by atoms with van der Waals surface area (Å²) in [7, 11) is -1.84. The number of nitrogens with zero attached hydrogens (tertiary/aromatic N) is 2. The molecule has 0 bridgehead atoms. The lowest BCUT2D eigenvalue weighted by atomic mass is 9.82. The van der Waals surface area contributed by atoms with Crippen LogP contribution in [0.25, 0.3) is 0 Å². The van der Waals surface area contributed by atoms with Crippen molar-refractivity contribution < 1.29 is 23.6 Å². The number of rotatable bonds is 3. The topological polar surface area (TPSA) is 76.2 Å². The van der Waals surface area contributed by atoms with Crippen LogP contribution < -0.4 is 10.2 Å². The number of fused-ring (bicyclic) bond motifs is 4. The molecule has 0 aromatic heterocycles. The van der Waals surface area contributed by atoms with E-state index in [4.69, 9.17) is 55.9 Å². The fourth-order valence-corrected chi connectivity index (χ4v) is 13.9. The number of aldehydes is 1. The molecular formula is C24H19Cl4N2O5P. The number of carbonyl (C=O) groups is 2. The molecule has 5 aliphatic rings. The molecule has 7 nitrogen and oxygen atoms in total. The molecule has 4 fully saturated rings. The van der Waals surface area contributed by atoms with E-state index in [2.05, 4.69) is 0 Å². The van der Waals surface area contributed by atoms with Crippen LogP contribution in [0.3, 0.4) is 0 Å². The first-order chi connectivity index (χ1) is 17.1. The summed E-state index contributed by atoms with van der Waals surface area (Å²) < 4.78 is 26.8. The van der Waals surface area contributed by atoms with Gasteiger partial charge in [0.05, 0.1) is 30.7 Å². The Kier molecular flexibility index (Phi) is 4.84. The Morgan fingerprint density at radius 1 is 1.08 bits per heavy atom. The van der Waals surface area contributed by atoms with Crippen molar-refractivity contribution in [3.63, 3.8) is 0 Å². The first-order valence-corrected chi connectivity index (χ1v) is 14.6. The van der Waals surface area contributed by atoms with E-state index in [1.807, 2.05) is 4.90 Å². The van der Waals surface area contributed by atoms with Crippen LogP contribution in [0.5, 0.6) is 0 Å². The molecule has 0 aliphatic carbocycles. The molecule has 12 heteroatoms. The number of amides is 1. The number of anilines is 1. The first-order valence-electron chi connectivity index (χ1n) is 11.4. The largest absolute Gasteiger partial charge is 0.346 e. The van der Waals surface area contributed by atoms with Crippen molar-refractivity contribution in [1.29, 1.82) is 0 Å². The molecule has 36 heavy (non-hydrogen) atoms. The summed E-state index contributed by atoms with van der Waals surface area (Å²) in [6.45, 7) is 1.15. The van der Waals surface area contributed by atoms with Crippen LogP contribution in [-0.2, 0) is 28.9 Å². The van der Waals surface area contributed by atoms with Crippen LogP contribution in [0.2, 0.25) is 20.1 Å². The number of halogens is 4. The van der Waals surface area contributed by atoms with Crippen molar-refractivity contribution in [3.05, 3.63) is 56.0 Å². The maximum atomic E-state index is 14.8. The summed E-state index contributed by atoms with van der Waals surface area (Å²) in [6.07, 6.45) is 1.09. The number of benzene rings is 2. The molecule has 0 radical (unpaired) electrons. The van der Waals surface area contributed by atoms with Crippen molar-refractivity contribution in [1.82, 2.24) is 4.90 Å². The van der Waals surface area contributed by atoms with Crippen LogP contribution in [-0.4, -0.2) is 60.9 Å². The highest BCUT2D eigenvalue weighted by Crippen LogP contribution is 3.04. The van der Waals surface area contributed by atoms with Crippen molar-refractivity contribution in [2.45, 2.75) is 28.7 Å². The molecule has 7 rings (SSSR count). The molecule has 2 spiro atoms. The molecule has 5 aliphatic heterocycles. The van der Waals surface area contributed by atoms with E-state index in [1.54, 1.807) is 31.3 Å². The van der Waals surface area contributed by atoms with Crippen molar-refractivity contribution in [2.24, 2.45) is 5.92 Å². The van der Waals surface area contributed by atoms with E-state index in [0.717, 1.165) is 6.29 Å². The zero-order valence-electron chi connectivity index (χ0n) is 18.8. The lowest BCUT2D eigenvalue weighted by Crippen LogP contribution is -2.47. The van der Waals surface area contributed by atoms with Crippen LogP contribution in [0.15, 0.2) is 30.3 Å². The second kappa shape index (κ2) is 7.28. The highest BCUT2D eigenvalue weighted by molar-refractivity contribution is 7.85. The van der Waals surface area contributed by atoms with E-state index >= 15 is 0 Å². The SMILES string of the molecule is CN(C(=O)C1C2CC3(CN2C24c5cc(Cl)cc(Cl)c5P2(=O)C14C=O)OCCO3)c1cc(Cl)cc(Cl)c1. The maximum absolute atomic E-state index is 14.8. The molecule has 5 heterocycles. The molecule has 0 saturated carbocycles. The van der Waals surface area contributed by atoms with Crippen LogP contribution >= 0.6 is 53.5 Å². The maximum Gasteiger partial charge on any atom is 0.233 e. The first kappa shape index (κ1) is 23.9. The zero-order chi connectivity index (χ0) is 25.4. The smallest absolute Gasteiger partial charge is 0.233 e. The highest BCUT2D eigenvalue weighted by Gasteiger charge is 3.03. The lowest BCUT2D eigenvalue weighted by molar-refractivity contribution is -0.150. The Bertz CT molecular complexity index is 1430. The van der Waals surface area contributed by atoms with E-state index in [1.165, 1.54) is 11.0 Å². The number of carbonyl (C=O) groups excluding carboxylic acids is 2. The number of hydrogen-bond acceptors (Lipinski definition) is 6. The quantitative estimate of drug-likeness (QED) is 0.388. The molecule has 5 unspecified atom stereocenters. The monoisotopic (exact) mass is 586 g/mol. The zero-order valence-corrected chi connectivity index (χ0v) is 22.8. The van der Waals surface area contributed by atoms with Gasteiger partial charge in [0.25, 0.3) is 0 Å². The summed E-state index contributed by atoms with van der Waals surface area (Å²) >= 11 is 25.3. The predicted molar refractivity (Wildman–Crippen MR) is 137 cm³/mol. The van der Waals surface area contributed by atoms with Gasteiger partial charge >= 0.3 is 0 Å². The molecule has 1 amide bonds. The van der Waals surface area contributed by atoms with Crippen molar-refractivity contribution in [3.8, 4) is 0 Å². The van der Waals surface area contributed by atoms with Gasteiger partial charge in [0.2, 0.25) is 5.91 Å². The van der Waals surface area contributed by atoms with Gasteiger partial charge in [-0.25, -0.2) is 0 Å². The van der Waals surface area contributed by atoms with E-state index < -0.39 is 35.3 Å². The van der Waals surface area contributed by atoms with E-state index in [-0.39, 0.29) is 17.5 Å². The van der Waals surface area contributed by atoms with Crippen molar-refractivity contribution >= 4 is 76.7 Å². The van der Waals surface area contributed by atoms with Gasteiger partial charge in [-0.2, -0.15) is 0 Å². The third-order valence-electron chi connectivity index (χ3n) is 8.63. The average molecular weight is 588 g/mol. The summed E-state index contributed by atoms with van der Waals surface area (Å²) in [5.74, 6) is -2.21. The summed E-state index contributed by atoms with van der Waals surface area (Å²) in [5, 5.41) is -0.788. The summed E-state index contributed by atoms with van der Waals surface area (Å²) in [4.78, 5) is 30.8. The van der Waals surface area contributed by atoms with Gasteiger partial charge in [0, 0.05) is 45.6 Å². The molecule has 2 aromatic rings. The minimum atomic E-state index is -3.44. The van der Waals surface area contributed by atoms with Crippen LogP contribution in [0.4, 0.5) is 5.69 Å². The van der Waals surface area contributed by atoms with E-state index in [0.29, 0.717) is 51.3 Å². The van der Waals surface area contributed by atoms with Gasteiger partial charge in [-0.15, -0.1) is 0 Å². The van der Waals surface area contributed by atoms with Gasteiger partial charge in [-0.1, -0.05) is 46.4 Å². The normalized spacial score (nSPS) is 36.6. The predicted octanol–water partition coefficient (Wildman–Crippen LogP) is 4.52. The molecule has 5 atom stereocenters. The van der Waals surface area contributed by atoms with Gasteiger partial charge in [-0.3, -0.25) is 9.69 Å². The third-order valence-corrected chi connectivity index (χ3v) is 14.1. The highest BCUT2D eigenvalue weighted by atomic mass is 35.5. The molecule has 0 N–H and O–H groups in total. The molecule has 2 aromatic carbocycles. The van der Waals surface area contributed by atoms with Crippen LogP contribution in [0.1, 0.15) is 12.0 Å². The second-order valence-electron chi connectivity index (χ2n) is 10.0. The minimum absolute atomic E-state index is 0.252. The van der Waals surface area contributed by atoms with Gasteiger partial charge in [0.15, 0.2) is 12.9 Å². The summed E-state index contributed by atoms with van der Waals surface area (Å²) in [6, 6.07) is 7.62. The van der Waals surface area contributed by atoms with Crippen molar-refractivity contribution in [2.75, 3.05) is 31.7 Å². The standard InChI is InChI=1S/C24H19Cl4N2O5P/c1-29(15-5-12(25)4-13(26)6-15)21(32)19-18-9-22(34-2-3-35-22)10-30(18)24-16-7-14(27)8-17(28)20(16)36(24,33)23(19,24)11-31/h4-8,11,18-19H,2-3,9-10H2,1H3. The molecule has 188 valence electrons. The Balaban J connectivity index is 1.41. The van der Waals surface area contributed by atoms with Crippen LogP contribution in [0, 0.1) is 5.92 Å². The Hall–Kier alpha value is -1.15. The van der Waals surface area contributed by atoms with Gasteiger partial charge in [0.1, 0.15) is 16.7 Å². The van der Waals surface area contributed by atoms with Gasteiger partial charge in [-0.05, 0) is 35.9 Å². The fraction of sp³-hybridized carbons (Fsp3) is 0.417. The fourth-order valence-electron chi connectivity index (χ4n) is 7.48. The average Bonchev–Trinajstić information content (AvgIpc) is 3.31. The second-order valence-corrected chi connectivity index (χ2v) is 14.8. The molecule has 4 saturated heterocycles. The number of ether oxygens (including phenoxy) is 2. The summed E-state index contributed by atoms with van der Waals surface area (Å²) in [5.41, 5.74) is 1.12. The van der Waals surface area contributed by atoms with E-state index in [9.17, 15) is 14.2 Å². The minimum Gasteiger partial charge on any atom is -0.346 e. The Labute approximate surface area is 226 Å². The third kappa shape index (κ3) is 2.40. The van der Waals surface area contributed by atoms with Gasteiger partial charge < -0.3 is 23.7 Å².